The van der Waals surface area contributed by atoms with E-state index in [1.165, 1.54) is 12.1 Å². The van der Waals surface area contributed by atoms with Crippen molar-refractivity contribution in [3.8, 4) is 11.3 Å². The molecular weight excluding hydrogens is 291 g/mol. The van der Waals surface area contributed by atoms with Gasteiger partial charge in [0.25, 0.3) is 0 Å². The molecule has 0 fully saturated rings. The molecule has 3 rings (SSSR count). The number of hydrogen-bond donors (Lipinski definition) is 1. The van der Waals surface area contributed by atoms with Gasteiger partial charge < -0.3 is 9.88 Å². The third-order valence-electron chi connectivity index (χ3n) is 4.02. The van der Waals surface area contributed by atoms with Crippen LogP contribution in [0.4, 0.5) is 4.39 Å². The molecule has 0 spiro atoms. The van der Waals surface area contributed by atoms with Crippen molar-refractivity contribution in [1.82, 2.24) is 9.88 Å². The van der Waals surface area contributed by atoms with Crippen LogP contribution in [0.2, 0.25) is 0 Å². The van der Waals surface area contributed by atoms with Gasteiger partial charge in [0.1, 0.15) is 5.82 Å². The molecule has 0 aliphatic rings. The zero-order valence-corrected chi connectivity index (χ0v) is 13.3. The Balaban J connectivity index is 2.08. The number of rotatable bonds is 4. The number of amides is 1. The highest BCUT2D eigenvalue weighted by atomic mass is 19.1. The van der Waals surface area contributed by atoms with Crippen molar-refractivity contribution in [1.29, 1.82) is 0 Å². The Morgan fingerprint density at radius 1 is 1.13 bits per heavy atom. The summed E-state index contributed by atoms with van der Waals surface area (Å²) in [6.07, 6.45) is 0.973. The van der Waals surface area contributed by atoms with Crippen molar-refractivity contribution in [3.63, 3.8) is 0 Å². The maximum atomic E-state index is 13.7. The Labute approximate surface area is 134 Å². The molecule has 2 aromatic carbocycles. The maximum Gasteiger partial charge on any atom is 0.222 e. The van der Waals surface area contributed by atoms with Crippen molar-refractivity contribution in [2.24, 2.45) is 0 Å². The number of aromatic amines is 1. The molecule has 3 aromatic rings. The second-order valence-corrected chi connectivity index (χ2v) is 5.82. The summed E-state index contributed by atoms with van der Waals surface area (Å²) < 4.78 is 13.7. The van der Waals surface area contributed by atoms with Gasteiger partial charge in [0.05, 0.1) is 0 Å². The Morgan fingerprint density at radius 3 is 2.57 bits per heavy atom. The van der Waals surface area contributed by atoms with Crippen LogP contribution in [0, 0.1) is 5.82 Å². The molecule has 1 N–H and O–H groups in total. The fraction of sp³-hybridized carbons (Fsp3) is 0.211. The lowest BCUT2D eigenvalue weighted by molar-refractivity contribution is -0.128. The lowest BCUT2D eigenvalue weighted by atomic mass is 10.0. The van der Waals surface area contributed by atoms with E-state index in [2.05, 4.69) is 4.98 Å². The lowest BCUT2D eigenvalue weighted by Gasteiger charge is -2.10. The summed E-state index contributed by atoms with van der Waals surface area (Å²) in [4.78, 5) is 16.9. The minimum absolute atomic E-state index is 0.0646. The molecule has 0 bridgehead atoms. The van der Waals surface area contributed by atoms with E-state index in [-0.39, 0.29) is 11.7 Å². The van der Waals surface area contributed by atoms with Crippen molar-refractivity contribution in [2.45, 2.75) is 12.8 Å². The first kappa shape index (κ1) is 15.3. The van der Waals surface area contributed by atoms with Crippen LogP contribution in [0.15, 0.2) is 48.5 Å². The summed E-state index contributed by atoms with van der Waals surface area (Å²) in [5.74, 6) is -0.203. The van der Waals surface area contributed by atoms with Gasteiger partial charge in [0, 0.05) is 37.1 Å². The quantitative estimate of drug-likeness (QED) is 0.777. The molecule has 1 aromatic heterocycles. The molecule has 0 unspecified atom stereocenters. The first-order valence-corrected chi connectivity index (χ1v) is 7.62. The molecular formula is C19H19FN2O. The van der Waals surface area contributed by atoms with Crippen molar-refractivity contribution in [2.75, 3.05) is 14.1 Å². The number of carbonyl (C=O) groups is 1. The molecule has 0 atom stereocenters. The number of halogens is 1. The van der Waals surface area contributed by atoms with Crippen molar-refractivity contribution < 1.29 is 9.18 Å². The molecule has 0 saturated carbocycles. The predicted molar refractivity (Wildman–Crippen MR) is 90.7 cm³/mol. The van der Waals surface area contributed by atoms with Gasteiger partial charge in [0.2, 0.25) is 5.91 Å². The summed E-state index contributed by atoms with van der Waals surface area (Å²) in [6, 6.07) is 14.6. The van der Waals surface area contributed by atoms with Gasteiger partial charge in [-0.25, -0.2) is 4.39 Å². The molecule has 1 heterocycles. The fourth-order valence-corrected chi connectivity index (χ4v) is 2.79. The Morgan fingerprint density at radius 2 is 1.87 bits per heavy atom. The van der Waals surface area contributed by atoms with Crippen LogP contribution >= 0.6 is 0 Å². The number of aromatic nitrogens is 1. The van der Waals surface area contributed by atoms with Gasteiger partial charge in [-0.2, -0.15) is 0 Å². The predicted octanol–water partition coefficient (Wildman–Crippen LogP) is 3.99. The smallest absolute Gasteiger partial charge is 0.222 e. The van der Waals surface area contributed by atoms with E-state index in [0.717, 1.165) is 27.7 Å². The average molecular weight is 310 g/mol. The van der Waals surface area contributed by atoms with Crippen LogP contribution in [-0.4, -0.2) is 29.9 Å². The number of carbonyl (C=O) groups excluding carboxylic acids is 1. The van der Waals surface area contributed by atoms with Crippen molar-refractivity contribution >= 4 is 16.8 Å². The average Bonchev–Trinajstić information content (AvgIpc) is 2.91. The summed E-state index contributed by atoms with van der Waals surface area (Å²) in [7, 11) is 3.49. The number of benzene rings is 2. The molecule has 0 aliphatic heterocycles. The maximum absolute atomic E-state index is 13.7. The van der Waals surface area contributed by atoms with E-state index < -0.39 is 0 Å². The molecule has 4 heteroatoms. The summed E-state index contributed by atoms with van der Waals surface area (Å²) >= 11 is 0. The highest BCUT2D eigenvalue weighted by Crippen LogP contribution is 2.31. The van der Waals surface area contributed by atoms with Crippen molar-refractivity contribution in [3.05, 3.63) is 59.9 Å². The molecule has 23 heavy (non-hydrogen) atoms. The number of fused-ring (bicyclic) bond motifs is 1. The first-order chi connectivity index (χ1) is 11.1. The van der Waals surface area contributed by atoms with Gasteiger partial charge in [-0.3, -0.25) is 4.79 Å². The molecule has 1 amide bonds. The number of nitrogens with zero attached hydrogens (tertiary/aromatic N) is 1. The van der Waals surface area contributed by atoms with Gasteiger partial charge in [-0.05, 0) is 35.7 Å². The van der Waals surface area contributed by atoms with Gasteiger partial charge >= 0.3 is 0 Å². The van der Waals surface area contributed by atoms with Crippen LogP contribution in [0.25, 0.3) is 22.2 Å². The number of aryl methyl sites for hydroxylation is 1. The van der Waals surface area contributed by atoms with Gasteiger partial charge in [-0.1, -0.05) is 30.3 Å². The van der Waals surface area contributed by atoms with E-state index in [1.54, 1.807) is 25.1 Å². The second-order valence-electron chi connectivity index (χ2n) is 5.82. The standard InChI is InChI=1S/C19H19FN2O/c1-22(2)18(23)11-9-15-16-12-14(20)8-10-17(16)21-19(15)13-6-4-3-5-7-13/h3-8,10,12,21H,9,11H2,1-2H3. The summed E-state index contributed by atoms with van der Waals surface area (Å²) in [5, 5.41) is 0.843. The summed E-state index contributed by atoms with van der Waals surface area (Å²) in [5.41, 5.74) is 3.87. The third kappa shape index (κ3) is 3.11. The zero-order valence-electron chi connectivity index (χ0n) is 13.3. The third-order valence-corrected chi connectivity index (χ3v) is 4.02. The highest BCUT2D eigenvalue weighted by molar-refractivity contribution is 5.91. The number of hydrogen-bond acceptors (Lipinski definition) is 1. The lowest BCUT2D eigenvalue weighted by Crippen LogP contribution is -2.21. The van der Waals surface area contributed by atoms with E-state index in [0.29, 0.717) is 12.8 Å². The van der Waals surface area contributed by atoms with Crippen LogP contribution in [0.5, 0.6) is 0 Å². The number of nitrogens with one attached hydrogen (secondary N) is 1. The monoisotopic (exact) mass is 310 g/mol. The molecule has 3 nitrogen and oxygen atoms in total. The normalized spacial score (nSPS) is 10.9. The minimum atomic E-state index is -0.267. The van der Waals surface area contributed by atoms with Crippen LogP contribution in [0.3, 0.4) is 0 Å². The second kappa shape index (κ2) is 6.24. The molecule has 0 radical (unpaired) electrons. The van der Waals surface area contributed by atoms with Gasteiger partial charge in [0.15, 0.2) is 0 Å². The SMILES string of the molecule is CN(C)C(=O)CCc1c(-c2ccccc2)[nH]c2ccc(F)cc12. The van der Waals surface area contributed by atoms with Crippen LogP contribution in [0.1, 0.15) is 12.0 Å². The molecule has 0 aliphatic carbocycles. The fourth-order valence-electron chi connectivity index (χ4n) is 2.79. The topological polar surface area (TPSA) is 36.1 Å². The van der Waals surface area contributed by atoms with Crippen LogP contribution in [-0.2, 0) is 11.2 Å². The Bertz CT molecular complexity index is 837. The van der Waals surface area contributed by atoms with E-state index in [9.17, 15) is 9.18 Å². The Kier molecular flexibility index (Phi) is 4.15. The minimum Gasteiger partial charge on any atom is -0.354 e. The highest BCUT2D eigenvalue weighted by Gasteiger charge is 2.15. The Hall–Kier alpha value is -2.62. The molecule has 0 saturated heterocycles. The van der Waals surface area contributed by atoms with E-state index in [1.807, 2.05) is 30.3 Å². The van der Waals surface area contributed by atoms with E-state index >= 15 is 0 Å². The summed E-state index contributed by atoms with van der Waals surface area (Å²) in [6.45, 7) is 0. The largest absolute Gasteiger partial charge is 0.354 e. The first-order valence-electron chi connectivity index (χ1n) is 7.62. The number of H-pyrrole nitrogens is 1. The van der Waals surface area contributed by atoms with Crippen LogP contribution < -0.4 is 0 Å². The molecule has 118 valence electrons. The zero-order chi connectivity index (χ0) is 16.4. The van der Waals surface area contributed by atoms with E-state index in [4.69, 9.17) is 0 Å². The van der Waals surface area contributed by atoms with Gasteiger partial charge in [-0.15, -0.1) is 0 Å².